The summed E-state index contributed by atoms with van der Waals surface area (Å²) in [5.74, 6) is 1.35. The Morgan fingerprint density at radius 1 is 1.21 bits per heavy atom. The summed E-state index contributed by atoms with van der Waals surface area (Å²) in [7, 11) is 0. The molecule has 0 saturated carbocycles. The van der Waals surface area contributed by atoms with Gasteiger partial charge in [0, 0.05) is 31.1 Å². The van der Waals surface area contributed by atoms with E-state index in [4.69, 9.17) is 4.63 Å². The number of hydrogen-bond donors (Lipinski definition) is 1. The SMILES string of the molecule is O=CN1CCN(c2nc3nonc3nc2NCc2cccs2)CC1. The van der Waals surface area contributed by atoms with E-state index >= 15 is 0 Å². The number of rotatable bonds is 5. The van der Waals surface area contributed by atoms with E-state index in [1.165, 1.54) is 4.88 Å². The number of nitrogens with one attached hydrogen (secondary N) is 1. The highest BCUT2D eigenvalue weighted by atomic mass is 32.1. The molecule has 3 aromatic heterocycles. The summed E-state index contributed by atoms with van der Waals surface area (Å²) in [6, 6.07) is 4.07. The number of piperazine rings is 1. The summed E-state index contributed by atoms with van der Waals surface area (Å²) in [5.41, 5.74) is 0.753. The van der Waals surface area contributed by atoms with Crippen LogP contribution in [0, 0.1) is 0 Å². The minimum Gasteiger partial charge on any atom is -0.362 e. The topological polar surface area (TPSA) is 100 Å². The Labute approximate surface area is 141 Å². The van der Waals surface area contributed by atoms with Crippen LogP contribution in [0.1, 0.15) is 4.88 Å². The first kappa shape index (κ1) is 14.8. The molecule has 1 fully saturated rings. The highest BCUT2D eigenvalue weighted by Crippen LogP contribution is 2.25. The Bertz CT molecular complexity index is 827. The lowest BCUT2D eigenvalue weighted by Gasteiger charge is -2.33. The standard InChI is InChI=1S/C14H15N7O2S/c22-9-20-3-5-21(6-4-20)14-13(15-8-10-2-1-7-24-10)16-11-12(17-14)19-23-18-11/h1-2,7,9H,3-6,8H2,(H,15,16,18). The number of fused-ring (bicyclic) bond motifs is 1. The van der Waals surface area contributed by atoms with Crippen molar-refractivity contribution < 1.29 is 9.42 Å². The van der Waals surface area contributed by atoms with E-state index < -0.39 is 0 Å². The maximum Gasteiger partial charge on any atom is 0.245 e. The molecule has 0 aliphatic carbocycles. The second kappa shape index (κ2) is 6.40. The molecule has 1 aliphatic rings. The quantitative estimate of drug-likeness (QED) is 0.683. The van der Waals surface area contributed by atoms with Crippen LogP contribution < -0.4 is 10.2 Å². The molecule has 0 bridgehead atoms. The van der Waals surface area contributed by atoms with Crippen molar-refractivity contribution in [2.75, 3.05) is 36.4 Å². The molecule has 10 heteroatoms. The zero-order chi connectivity index (χ0) is 16.4. The van der Waals surface area contributed by atoms with Crippen LogP contribution >= 0.6 is 11.3 Å². The van der Waals surface area contributed by atoms with Gasteiger partial charge in [0.05, 0.1) is 6.54 Å². The van der Waals surface area contributed by atoms with Gasteiger partial charge in [-0.1, -0.05) is 6.07 Å². The van der Waals surface area contributed by atoms with Gasteiger partial charge in [0.2, 0.25) is 17.7 Å². The minimum absolute atomic E-state index is 0.374. The zero-order valence-corrected chi connectivity index (χ0v) is 13.6. The number of nitrogens with zero attached hydrogens (tertiary/aromatic N) is 6. The largest absolute Gasteiger partial charge is 0.362 e. The van der Waals surface area contributed by atoms with Gasteiger partial charge in [-0.05, 0) is 21.8 Å². The van der Waals surface area contributed by atoms with Crippen LogP contribution in [0.2, 0.25) is 0 Å². The molecule has 1 saturated heterocycles. The fourth-order valence-corrected chi connectivity index (χ4v) is 3.24. The fraction of sp³-hybridized carbons (Fsp3) is 0.357. The molecule has 0 aromatic carbocycles. The maximum absolute atomic E-state index is 10.9. The molecule has 1 aliphatic heterocycles. The number of anilines is 2. The van der Waals surface area contributed by atoms with E-state index in [0.717, 1.165) is 6.41 Å². The van der Waals surface area contributed by atoms with Gasteiger partial charge in [0.25, 0.3) is 0 Å². The van der Waals surface area contributed by atoms with Gasteiger partial charge in [-0.3, -0.25) is 4.79 Å². The van der Waals surface area contributed by atoms with Crippen molar-refractivity contribution in [1.82, 2.24) is 25.2 Å². The van der Waals surface area contributed by atoms with Crippen molar-refractivity contribution in [3.8, 4) is 0 Å². The van der Waals surface area contributed by atoms with E-state index in [2.05, 4.69) is 36.6 Å². The van der Waals surface area contributed by atoms with Crippen molar-refractivity contribution in [3.63, 3.8) is 0 Å². The fourth-order valence-electron chi connectivity index (χ4n) is 2.59. The third kappa shape index (κ3) is 2.87. The lowest BCUT2D eigenvalue weighted by molar-refractivity contribution is -0.118. The van der Waals surface area contributed by atoms with Gasteiger partial charge in [-0.15, -0.1) is 11.3 Å². The van der Waals surface area contributed by atoms with Gasteiger partial charge in [0.15, 0.2) is 11.6 Å². The van der Waals surface area contributed by atoms with Crippen LogP contribution in [0.4, 0.5) is 11.6 Å². The molecule has 3 aromatic rings. The molecule has 0 atom stereocenters. The van der Waals surface area contributed by atoms with Crippen LogP contribution in [0.25, 0.3) is 11.3 Å². The number of thiophene rings is 1. The van der Waals surface area contributed by atoms with E-state index in [1.807, 2.05) is 11.4 Å². The van der Waals surface area contributed by atoms with Crippen LogP contribution in [-0.2, 0) is 11.3 Å². The number of carbonyl (C=O) groups is 1. The summed E-state index contributed by atoms with van der Waals surface area (Å²) in [6.07, 6.45) is 0.879. The molecule has 0 radical (unpaired) electrons. The summed E-state index contributed by atoms with van der Waals surface area (Å²) in [5, 5.41) is 12.9. The van der Waals surface area contributed by atoms with Crippen LogP contribution in [0.3, 0.4) is 0 Å². The van der Waals surface area contributed by atoms with E-state index in [9.17, 15) is 4.79 Å². The molecule has 1 N–H and O–H groups in total. The first-order valence-corrected chi connectivity index (χ1v) is 8.42. The molecule has 124 valence electrons. The lowest BCUT2D eigenvalue weighted by Crippen LogP contribution is -2.46. The zero-order valence-electron chi connectivity index (χ0n) is 12.8. The summed E-state index contributed by atoms with van der Waals surface area (Å²) in [6.45, 7) is 3.36. The number of amides is 1. The van der Waals surface area contributed by atoms with Gasteiger partial charge in [0.1, 0.15) is 0 Å². The highest BCUT2D eigenvalue weighted by molar-refractivity contribution is 7.09. The summed E-state index contributed by atoms with van der Waals surface area (Å²) in [4.78, 5) is 25.0. The van der Waals surface area contributed by atoms with Gasteiger partial charge in [-0.25, -0.2) is 14.6 Å². The van der Waals surface area contributed by atoms with Gasteiger partial charge in [-0.2, -0.15) is 0 Å². The Morgan fingerprint density at radius 2 is 2.00 bits per heavy atom. The Morgan fingerprint density at radius 3 is 2.71 bits per heavy atom. The first-order valence-electron chi connectivity index (χ1n) is 7.54. The molecule has 4 rings (SSSR count). The van der Waals surface area contributed by atoms with Gasteiger partial charge < -0.3 is 15.1 Å². The van der Waals surface area contributed by atoms with Crippen molar-refractivity contribution in [2.24, 2.45) is 0 Å². The summed E-state index contributed by atoms with van der Waals surface area (Å²) < 4.78 is 4.72. The number of hydrogen-bond acceptors (Lipinski definition) is 9. The molecular weight excluding hydrogens is 330 g/mol. The molecule has 1 amide bonds. The smallest absolute Gasteiger partial charge is 0.245 e. The molecule has 0 unspecified atom stereocenters. The minimum atomic E-state index is 0.374. The first-order chi connectivity index (χ1) is 11.8. The van der Waals surface area contributed by atoms with E-state index in [1.54, 1.807) is 16.2 Å². The normalized spacial score (nSPS) is 15.0. The van der Waals surface area contributed by atoms with Crippen molar-refractivity contribution in [2.45, 2.75) is 6.54 Å². The van der Waals surface area contributed by atoms with Crippen molar-refractivity contribution in [3.05, 3.63) is 22.4 Å². The molecule has 0 spiro atoms. The second-order valence-corrected chi connectivity index (χ2v) is 6.40. The lowest BCUT2D eigenvalue weighted by atomic mass is 10.3. The third-order valence-corrected chi connectivity index (χ3v) is 4.75. The van der Waals surface area contributed by atoms with Crippen LogP contribution in [0.15, 0.2) is 22.1 Å². The predicted molar refractivity (Wildman–Crippen MR) is 88.9 cm³/mol. The predicted octanol–water partition coefficient (Wildman–Crippen LogP) is 0.965. The van der Waals surface area contributed by atoms with E-state index in [0.29, 0.717) is 55.7 Å². The molecular formula is C14H15N7O2S. The molecule has 24 heavy (non-hydrogen) atoms. The average Bonchev–Trinajstić information content (AvgIpc) is 3.30. The van der Waals surface area contributed by atoms with Crippen LogP contribution in [0.5, 0.6) is 0 Å². The third-order valence-electron chi connectivity index (χ3n) is 3.87. The van der Waals surface area contributed by atoms with E-state index in [-0.39, 0.29) is 0 Å². The Kier molecular flexibility index (Phi) is 3.95. The van der Waals surface area contributed by atoms with Gasteiger partial charge >= 0.3 is 0 Å². The molecule has 9 nitrogen and oxygen atoms in total. The van der Waals surface area contributed by atoms with Crippen molar-refractivity contribution in [1.29, 1.82) is 0 Å². The average molecular weight is 345 g/mol. The maximum atomic E-state index is 10.9. The molecule has 4 heterocycles. The second-order valence-electron chi connectivity index (χ2n) is 5.37. The highest BCUT2D eigenvalue weighted by Gasteiger charge is 2.22. The van der Waals surface area contributed by atoms with Crippen LogP contribution in [-0.4, -0.2) is 57.8 Å². The number of aromatic nitrogens is 4. The monoisotopic (exact) mass is 345 g/mol. The Hall–Kier alpha value is -2.75. The summed E-state index contributed by atoms with van der Waals surface area (Å²) >= 11 is 1.68. The Balaban J connectivity index is 1.61. The van der Waals surface area contributed by atoms with Crippen molar-refractivity contribution >= 4 is 40.7 Å². The number of carbonyl (C=O) groups excluding carboxylic acids is 1.